The molecule has 1 aliphatic heterocycles. The number of thiazole rings is 1. The van der Waals surface area contributed by atoms with Gasteiger partial charge in [-0.15, -0.1) is 11.3 Å². The Morgan fingerprint density at radius 3 is 2.78 bits per heavy atom. The summed E-state index contributed by atoms with van der Waals surface area (Å²) in [6, 6.07) is 11.7. The van der Waals surface area contributed by atoms with E-state index in [9.17, 15) is 13.2 Å². The summed E-state index contributed by atoms with van der Waals surface area (Å²) in [6.07, 6.45) is 5.19. The van der Waals surface area contributed by atoms with Crippen molar-refractivity contribution >= 4 is 38.8 Å². The lowest BCUT2D eigenvalue weighted by Gasteiger charge is -2.11. The van der Waals surface area contributed by atoms with Crippen molar-refractivity contribution in [3.05, 3.63) is 59.2 Å². The van der Waals surface area contributed by atoms with Gasteiger partial charge < -0.3 is 5.32 Å². The lowest BCUT2D eigenvalue weighted by atomic mass is 10.2. The molecular formula is C22H23N5O3S2. The van der Waals surface area contributed by atoms with Crippen molar-refractivity contribution in [2.24, 2.45) is 4.99 Å². The Kier molecular flexibility index (Phi) is 6.61. The molecule has 1 aromatic carbocycles. The lowest BCUT2D eigenvalue weighted by molar-refractivity contribution is 0.102. The Labute approximate surface area is 190 Å². The maximum absolute atomic E-state index is 12.9. The van der Waals surface area contributed by atoms with Crippen LogP contribution in [-0.2, 0) is 10.0 Å². The molecule has 3 aromatic rings. The molecule has 10 heteroatoms. The molecule has 8 nitrogen and oxygen atoms in total. The number of carbonyl (C=O) groups excluding carboxylic acids is 1. The summed E-state index contributed by atoms with van der Waals surface area (Å²) in [7, 11) is -3.79. The van der Waals surface area contributed by atoms with E-state index < -0.39 is 10.0 Å². The van der Waals surface area contributed by atoms with Crippen LogP contribution in [0.1, 0.15) is 41.0 Å². The number of nitrogens with zero attached hydrogens (tertiary/aromatic N) is 3. The predicted molar refractivity (Wildman–Crippen MR) is 126 cm³/mol. The summed E-state index contributed by atoms with van der Waals surface area (Å²) in [5.41, 5.74) is 1.66. The highest BCUT2D eigenvalue weighted by Crippen LogP contribution is 2.27. The predicted octanol–water partition coefficient (Wildman–Crippen LogP) is 4.02. The largest absolute Gasteiger partial charge is 0.321 e. The summed E-state index contributed by atoms with van der Waals surface area (Å²) in [5.74, 6) is 0.136. The van der Waals surface area contributed by atoms with Gasteiger partial charge in [0, 0.05) is 24.8 Å². The molecule has 3 heterocycles. The standard InChI is InChI=1S/C22H23N5O3S2/c1-15-20(31-22(25-15)18-10-4-6-12-23-18)21(28)26-16-8-7-9-17(14-16)32(29,30)27-19-11-3-2-5-13-24-19/h4,6-10,12,14H,2-3,5,11,13H2,1H3,(H,24,27)(H,26,28). The molecule has 1 aliphatic rings. The van der Waals surface area contributed by atoms with Crippen molar-refractivity contribution in [3.8, 4) is 10.7 Å². The molecule has 0 radical (unpaired) electrons. The van der Waals surface area contributed by atoms with Crippen LogP contribution in [0.15, 0.2) is 58.5 Å². The third-order valence-corrected chi connectivity index (χ3v) is 7.47. The van der Waals surface area contributed by atoms with Crippen LogP contribution in [-0.4, -0.2) is 36.7 Å². The van der Waals surface area contributed by atoms with Gasteiger partial charge in [0.05, 0.1) is 16.3 Å². The zero-order chi connectivity index (χ0) is 22.6. The Morgan fingerprint density at radius 1 is 1.09 bits per heavy atom. The minimum absolute atomic E-state index is 0.0671. The SMILES string of the molecule is Cc1nc(-c2ccccn2)sc1C(=O)Nc1cccc(S(=O)(=O)NC2=NCCCCC2)c1. The van der Waals surface area contributed by atoms with Gasteiger partial charge in [0.15, 0.2) is 0 Å². The van der Waals surface area contributed by atoms with Gasteiger partial charge in [-0.25, -0.2) is 13.4 Å². The molecule has 0 saturated carbocycles. The second-order valence-electron chi connectivity index (χ2n) is 7.38. The quantitative estimate of drug-likeness (QED) is 0.586. The first-order valence-corrected chi connectivity index (χ1v) is 12.6. The molecule has 2 aromatic heterocycles. The van der Waals surface area contributed by atoms with E-state index in [-0.39, 0.29) is 10.8 Å². The zero-order valence-corrected chi connectivity index (χ0v) is 19.2. The van der Waals surface area contributed by atoms with E-state index in [0.29, 0.717) is 45.8 Å². The number of sulfonamides is 1. The Balaban J connectivity index is 1.51. The maximum Gasteiger partial charge on any atom is 0.267 e. The van der Waals surface area contributed by atoms with Crippen molar-refractivity contribution < 1.29 is 13.2 Å². The first kappa shape index (κ1) is 22.1. The van der Waals surface area contributed by atoms with Gasteiger partial charge in [0.2, 0.25) is 0 Å². The van der Waals surface area contributed by atoms with Crippen molar-refractivity contribution in [1.82, 2.24) is 14.7 Å². The van der Waals surface area contributed by atoms with Crippen LogP contribution < -0.4 is 10.0 Å². The molecule has 0 aliphatic carbocycles. The van der Waals surface area contributed by atoms with Gasteiger partial charge in [-0.1, -0.05) is 18.6 Å². The van der Waals surface area contributed by atoms with Crippen LogP contribution in [0.3, 0.4) is 0 Å². The third-order valence-electron chi connectivity index (χ3n) is 4.92. The number of benzene rings is 1. The zero-order valence-electron chi connectivity index (χ0n) is 17.5. The fourth-order valence-electron chi connectivity index (χ4n) is 3.31. The number of aromatic nitrogens is 2. The van der Waals surface area contributed by atoms with Crippen LogP contribution in [0.5, 0.6) is 0 Å². The number of carbonyl (C=O) groups is 1. The molecule has 0 bridgehead atoms. The average molecular weight is 470 g/mol. The van der Waals surface area contributed by atoms with E-state index in [2.05, 4.69) is 25.0 Å². The van der Waals surface area contributed by atoms with Gasteiger partial charge >= 0.3 is 0 Å². The van der Waals surface area contributed by atoms with Crippen LogP contribution in [0.2, 0.25) is 0 Å². The first-order chi connectivity index (χ1) is 15.4. The highest BCUT2D eigenvalue weighted by Gasteiger charge is 2.20. The summed E-state index contributed by atoms with van der Waals surface area (Å²) < 4.78 is 28.2. The summed E-state index contributed by atoms with van der Waals surface area (Å²) in [6.45, 7) is 2.39. The molecule has 0 unspecified atom stereocenters. The van der Waals surface area contributed by atoms with Gasteiger partial charge in [-0.2, -0.15) is 0 Å². The Hall–Kier alpha value is -3.11. The van der Waals surface area contributed by atoms with E-state index in [1.54, 1.807) is 25.3 Å². The molecule has 1 amide bonds. The molecule has 32 heavy (non-hydrogen) atoms. The molecule has 0 fully saturated rings. The fourth-order valence-corrected chi connectivity index (χ4v) is 5.38. The number of pyridine rings is 1. The number of nitrogens with one attached hydrogen (secondary N) is 2. The molecule has 0 saturated heterocycles. The summed E-state index contributed by atoms with van der Waals surface area (Å²) in [5, 5.41) is 3.43. The summed E-state index contributed by atoms with van der Waals surface area (Å²) in [4.78, 5) is 26.4. The lowest BCUT2D eigenvalue weighted by Crippen LogP contribution is -2.30. The topological polar surface area (TPSA) is 113 Å². The third kappa shape index (κ3) is 5.20. The van der Waals surface area contributed by atoms with Gasteiger partial charge in [-0.3, -0.25) is 19.5 Å². The summed E-state index contributed by atoms with van der Waals surface area (Å²) >= 11 is 1.24. The number of aliphatic imine (C=N–C) groups is 1. The second kappa shape index (κ2) is 9.58. The van der Waals surface area contributed by atoms with Crippen molar-refractivity contribution in [2.45, 2.75) is 37.5 Å². The number of hydrogen-bond donors (Lipinski definition) is 2. The van der Waals surface area contributed by atoms with E-state index in [4.69, 9.17) is 0 Å². The smallest absolute Gasteiger partial charge is 0.267 e. The minimum atomic E-state index is -3.79. The fraction of sp³-hybridized carbons (Fsp3) is 0.273. The van der Waals surface area contributed by atoms with Gasteiger partial charge in [-0.05, 0) is 50.1 Å². The van der Waals surface area contributed by atoms with E-state index >= 15 is 0 Å². The van der Waals surface area contributed by atoms with Crippen LogP contribution in [0.25, 0.3) is 10.7 Å². The molecular weight excluding hydrogens is 446 g/mol. The number of hydrogen-bond acceptors (Lipinski definition) is 7. The van der Waals surface area contributed by atoms with E-state index in [1.807, 2.05) is 18.2 Å². The molecule has 4 rings (SSSR count). The number of anilines is 1. The van der Waals surface area contributed by atoms with E-state index in [1.165, 1.54) is 23.5 Å². The van der Waals surface area contributed by atoms with Crippen molar-refractivity contribution in [2.75, 3.05) is 11.9 Å². The minimum Gasteiger partial charge on any atom is -0.321 e. The number of amidine groups is 1. The number of aryl methyl sites for hydroxylation is 1. The molecule has 166 valence electrons. The van der Waals surface area contributed by atoms with Gasteiger partial charge in [0.25, 0.3) is 15.9 Å². The number of amides is 1. The average Bonchev–Trinajstić information content (AvgIpc) is 3.00. The van der Waals surface area contributed by atoms with Crippen LogP contribution >= 0.6 is 11.3 Å². The normalized spacial score (nSPS) is 14.3. The van der Waals surface area contributed by atoms with E-state index in [0.717, 1.165) is 19.3 Å². The Bertz CT molecular complexity index is 1250. The molecule has 0 atom stereocenters. The highest BCUT2D eigenvalue weighted by atomic mass is 32.2. The van der Waals surface area contributed by atoms with Crippen LogP contribution in [0.4, 0.5) is 5.69 Å². The molecule has 0 spiro atoms. The Morgan fingerprint density at radius 2 is 1.97 bits per heavy atom. The maximum atomic E-state index is 12.9. The van der Waals surface area contributed by atoms with Crippen molar-refractivity contribution in [3.63, 3.8) is 0 Å². The number of rotatable bonds is 5. The molecule has 2 N–H and O–H groups in total. The monoisotopic (exact) mass is 469 g/mol. The van der Waals surface area contributed by atoms with Crippen LogP contribution in [0, 0.1) is 6.92 Å². The van der Waals surface area contributed by atoms with Gasteiger partial charge in [0.1, 0.15) is 15.7 Å². The highest BCUT2D eigenvalue weighted by molar-refractivity contribution is 7.90. The van der Waals surface area contributed by atoms with Crippen molar-refractivity contribution in [1.29, 1.82) is 0 Å². The first-order valence-electron chi connectivity index (χ1n) is 10.3. The second-order valence-corrected chi connectivity index (χ2v) is 10.1.